The maximum atomic E-state index is 14.4. The van der Waals surface area contributed by atoms with E-state index in [1.54, 1.807) is 30.3 Å². The Balaban J connectivity index is 1.62. The molecular formula is C31H22Cl2N4O7. The van der Waals surface area contributed by atoms with Gasteiger partial charge in [-0.1, -0.05) is 103 Å². The highest BCUT2D eigenvalue weighted by atomic mass is 35.5. The number of imidazole rings is 1. The van der Waals surface area contributed by atoms with Crippen molar-refractivity contribution in [2.24, 2.45) is 0 Å². The summed E-state index contributed by atoms with van der Waals surface area (Å²) in [6.45, 7) is 0. The lowest BCUT2D eigenvalue weighted by atomic mass is 9.69. The standard InChI is InChI=1S/C31H22Cl2N4O7/c32-26-20-27(36-29(33)35-26)37(16-34-20)28-31(43,24(41)19-14-8-3-9-15-19)30(42,23(40)18-12-6-2-7-13-18)25(44-28)22(39)21(38)17-10-4-1-5-11-17/h1-16,22,25,28,39,42-43H/t22?,25-,28-,30-,31+/m1/s1. The van der Waals surface area contributed by atoms with Crippen molar-refractivity contribution >= 4 is 51.7 Å². The van der Waals surface area contributed by atoms with Gasteiger partial charge in [-0.2, -0.15) is 4.98 Å². The molecule has 0 radical (unpaired) electrons. The van der Waals surface area contributed by atoms with Crippen LogP contribution in [0.5, 0.6) is 0 Å². The molecule has 3 N–H and O–H groups in total. The first kappa shape index (κ1) is 29.7. The third-order valence-electron chi connectivity index (χ3n) is 7.61. The summed E-state index contributed by atoms with van der Waals surface area (Å²) in [5.74, 6) is -3.27. The van der Waals surface area contributed by atoms with Crippen LogP contribution in [0.2, 0.25) is 10.4 Å². The van der Waals surface area contributed by atoms with E-state index in [-0.39, 0.29) is 38.3 Å². The van der Waals surface area contributed by atoms with Crippen LogP contribution in [0.15, 0.2) is 97.3 Å². The summed E-state index contributed by atoms with van der Waals surface area (Å²) in [5, 5.41) is 36.2. The van der Waals surface area contributed by atoms with Gasteiger partial charge in [0.05, 0.1) is 6.33 Å². The lowest BCUT2D eigenvalue weighted by Gasteiger charge is -2.39. The van der Waals surface area contributed by atoms with Gasteiger partial charge in [0.2, 0.25) is 22.5 Å². The SMILES string of the molecule is O=C(c1ccccc1)C(O)[C@H]1O[C@@H](n2cnc3c(Cl)nc(Cl)nc32)[C@@](O)(C(=O)c2ccccc2)[C@@]1(O)C(=O)c1ccccc1. The summed E-state index contributed by atoms with van der Waals surface area (Å²) in [6, 6.07) is 22.3. The number of benzene rings is 3. The largest absolute Gasteiger partial charge is 0.382 e. The number of carbonyl (C=O) groups is 3. The van der Waals surface area contributed by atoms with Crippen molar-refractivity contribution in [2.45, 2.75) is 29.6 Å². The molecule has 5 atom stereocenters. The van der Waals surface area contributed by atoms with Gasteiger partial charge in [0.15, 0.2) is 28.4 Å². The predicted octanol–water partition coefficient (Wildman–Crippen LogP) is 3.50. The van der Waals surface area contributed by atoms with Crippen LogP contribution in [0.3, 0.4) is 0 Å². The average Bonchev–Trinajstić information content (AvgIpc) is 3.57. The number of nitrogens with zero attached hydrogens (tertiary/aromatic N) is 4. The summed E-state index contributed by atoms with van der Waals surface area (Å²) in [5.41, 5.74) is -6.79. The van der Waals surface area contributed by atoms with Gasteiger partial charge in [0.1, 0.15) is 17.7 Å². The van der Waals surface area contributed by atoms with Crippen molar-refractivity contribution in [3.8, 4) is 0 Å². The second-order valence-electron chi connectivity index (χ2n) is 10.1. The predicted molar refractivity (Wildman–Crippen MR) is 157 cm³/mol. The second-order valence-corrected chi connectivity index (χ2v) is 10.8. The molecule has 13 heteroatoms. The van der Waals surface area contributed by atoms with Crippen molar-refractivity contribution in [1.82, 2.24) is 19.5 Å². The van der Waals surface area contributed by atoms with Crippen LogP contribution in [-0.4, -0.2) is 75.6 Å². The molecule has 0 aliphatic carbocycles. The Morgan fingerprint density at radius 1 is 0.773 bits per heavy atom. The van der Waals surface area contributed by atoms with Crippen LogP contribution in [0.1, 0.15) is 37.3 Å². The number of hydrogen-bond acceptors (Lipinski definition) is 10. The molecule has 1 aliphatic heterocycles. The molecule has 222 valence electrons. The number of rotatable bonds is 8. The van der Waals surface area contributed by atoms with Crippen molar-refractivity contribution in [3.05, 3.63) is 124 Å². The van der Waals surface area contributed by atoms with Crippen LogP contribution in [0, 0.1) is 0 Å². The molecule has 0 saturated carbocycles. The summed E-state index contributed by atoms with van der Waals surface area (Å²) < 4.78 is 7.12. The van der Waals surface area contributed by atoms with Gasteiger partial charge >= 0.3 is 0 Å². The summed E-state index contributed by atoms with van der Waals surface area (Å²) in [7, 11) is 0. The van der Waals surface area contributed by atoms with E-state index in [1.165, 1.54) is 60.7 Å². The lowest BCUT2D eigenvalue weighted by molar-refractivity contribution is -0.107. The third kappa shape index (κ3) is 4.53. The fourth-order valence-corrected chi connectivity index (χ4v) is 5.88. The van der Waals surface area contributed by atoms with E-state index in [4.69, 9.17) is 27.9 Å². The molecule has 11 nitrogen and oxygen atoms in total. The Morgan fingerprint density at radius 3 is 1.82 bits per heavy atom. The summed E-state index contributed by atoms with van der Waals surface area (Å²) in [4.78, 5) is 54.3. The van der Waals surface area contributed by atoms with E-state index in [1.807, 2.05) is 0 Å². The van der Waals surface area contributed by atoms with E-state index in [0.29, 0.717) is 0 Å². The lowest BCUT2D eigenvalue weighted by Crippen LogP contribution is -2.68. The van der Waals surface area contributed by atoms with Gasteiger partial charge in [0, 0.05) is 16.7 Å². The summed E-state index contributed by atoms with van der Waals surface area (Å²) >= 11 is 12.3. The molecule has 1 fully saturated rings. The second kappa shape index (κ2) is 11.3. The molecule has 1 aliphatic rings. The van der Waals surface area contributed by atoms with Crippen LogP contribution >= 0.6 is 23.2 Å². The normalized spacial score (nSPS) is 23.8. The number of hydrogen-bond donors (Lipinski definition) is 3. The maximum absolute atomic E-state index is 14.4. The van der Waals surface area contributed by atoms with E-state index in [2.05, 4.69) is 15.0 Å². The van der Waals surface area contributed by atoms with Crippen molar-refractivity contribution in [3.63, 3.8) is 0 Å². The smallest absolute Gasteiger partial charge is 0.225 e. The van der Waals surface area contributed by atoms with Crippen molar-refractivity contribution in [1.29, 1.82) is 0 Å². The first-order valence-corrected chi connectivity index (χ1v) is 14.0. The van der Waals surface area contributed by atoms with Gasteiger partial charge in [-0.15, -0.1) is 0 Å². The molecule has 1 unspecified atom stereocenters. The molecule has 0 bridgehead atoms. The number of ether oxygens (including phenoxy) is 1. The van der Waals surface area contributed by atoms with E-state index in [9.17, 15) is 29.7 Å². The quantitative estimate of drug-likeness (QED) is 0.131. The first-order chi connectivity index (χ1) is 21.1. The topological polar surface area (TPSA) is 165 Å². The minimum Gasteiger partial charge on any atom is -0.382 e. The van der Waals surface area contributed by atoms with Gasteiger partial charge in [-0.05, 0) is 11.6 Å². The van der Waals surface area contributed by atoms with Crippen LogP contribution < -0.4 is 0 Å². The zero-order valence-electron chi connectivity index (χ0n) is 22.5. The Morgan fingerprint density at radius 2 is 1.27 bits per heavy atom. The summed E-state index contributed by atoms with van der Waals surface area (Å²) in [6.07, 6.45) is -5.33. The number of halogens is 2. The van der Waals surface area contributed by atoms with Gasteiger partial charge in [0.25, 0.3) is 0 Å². The molecular weight excluding hydrogens is 611 g/mol. The van der Waals surface area contributed by atoms with Crippen LogP contribution in [0.25, 0.3) is 11.2 Å². The number of fused-ring (bicyclic) bond motifs is 1. The number of ketones is 3. The molecule has 2 aromatic heterocycles. The Labute approximate surface area is 259 Å². The van der Waals surface area contributed by atoms with Crippen LogP contribution in [-0.2, 0) is 4.74 Å². The van der Waals surface area contributed by atoms with E-state index in [0.717, 1.165) is 10.9 Å². The van der Waals surface area contributed by atoms with Crippen molar-refractivity contribution in [2.75, 3.05) is 0 Å². The highest BCUT2D eigenvalue weighted by Gasteiger charge is 2.75. The number of aliphatic hydroxyl groups is 3. The maximum Gasteiger partial charge on any atom is 0.225 e. The molecule has 3 heterocycles. The van der Waals surface area contributed by atoms with Crippen molar-refractivity contribution < 1.29 is 34.4 Å². The molecule has 3 aromatic carbocycles. The minimum atomic E-state index is -3.26. The van der Waals surface area contributed by atoms with Gasteiger partial charge < -0.3 is 20.1 Å². The fraction of sp³-hybridized carbons (Fsp3) is 0.161. The zero-order valence-corrected chi connectivity index (χ0v) is 24.0. The van der Waals surface area contributed by atoms with E-state index >= 15 is 0 Å². The molecule has 44 heavy (non-hydrogen) atoms. The first-order valence-electron chi connectivity index (χ1n) is 13.2. The number of Topliss-reactive ketones (excluding diaryl/α,β-unsaturated/α-hetero) is 3. The molecule has 1 saturated heterocycles. The van der Waals surface area contributed by atoms with Crippen LogP contribution in [0.4, 0.5) is 0 Å². The number of aromatic nitrogens is 4. The Bertz CT molecular complexity index is 1890. The molecule has 6 rings (SSSR count). The van der Waals surface area contributed by atoms with E-state index < -0.39 is 47.0 Å². The Kier molecular flexibility index (Phi) is 7.62. The fourth-order valence-electron chi connectivity index (χ4n) is 5.46. The van der Waals surface area contributed by atoms with Gasteiger partial charge in [-0.25, -0.2) is 9.97 Å². The monoisotopic (exact) mass is 632 g/mol. The number of carbonyl (C=O) groups excluding carboxylic acids is 3. The number of aliphatic hydroxyl groups excluding tert-OH is 1. The van der Waals surface area contributed by atoms with Gasteiger partial charge in [-0.3, -0.25) is 19.0 Å². The Hall–Kier alpha value is -4.36. The highest BCUT2D eigenvalue weighted by Crippen LogP contribution is 2.51. The third-order valence-corrected chi connectivity index (χ3v) is 8.04. The molecule has 0 spiro atoms. The molecule has 5 aromatic rings. The highest BCUT2D eigenvalue weighted by molar-refractivity contribution is 6.35. The molecule has 0 amide bonds. The zero-order chi connectivity index (χ0) is 31.2. The minimum absolute atomic E-state index is 0.00328. The average molecular weight is 633 g/mol.